The quantitative estimate of drug-likeness (QED) is 0.404. The fraction of sp³-hybridized carbons (Fsp3) is 0.467. The van der Waals surface area contributed by atoms with E-state index in [1.54, 1.807) is 0 Å². The van der Waals surface area contributed by atoms with Gasteiger partial charge in [-0.3, -0.25) is 4.79 Å². The molecule has 1 aromatic carbocycles. The van der Waals surface area contributed by atoms with Gasteiger partial charge < -0.3 is 10.4 Å². The van der Waals surface area contributed by atoms with Gasteiger partial charge in [-0.2, -0.15) is 37.0 Å². The fourth-order valence-corrected chi connectivity index (χ4v) is 2.84. The molecule has 0 aliphatic heterocycles. The van der Waals surface area contributed by atoms with Crippen LogP contribution >= 0.6 is 37.0 Å². The third-order valence-corrected chi connectivity index (χ3v) is 5.26. The summed E-state index contributed by atoms with van der Waals surface area (Å²) in [4.78, 5) is 23.6. The number of hydrogen-bond donors (Lipinski definition) is 4. The molecule has 0 fully saturated rings. The maximum Gasteiger partial charge on any atom is 0.326 e. The van der Waals surface area contributed by atoms with Gasteiger partial charge in [0.15, 0.2) is 0 Å². The Morgan fingerprint density at radius 1 is 1.32 bits per heavy atom. The van der Waals surface area contributed by atoms with Crippen LogP contribution in [0.15, 0.2) is 30.3 Å². The molecule has 7 heteroatoms. The highest BCUT2D eigenvalue weighted by atomic mass is 32.2. The van der Waals surface area contributed by atoms with Crippen molar-refractivity contribution in [3.05, 3.63) is 35.9 Å². The Bertz CT molecular complexity index is 484. The van der Waals surface area contributed by atoms with Crippen LogP contribution in [0.1, 0.15) is 12.0 Å². The second kappa shape index (κ2) is 10.1. The summed E-state index contributed by atoms with van der Waals surface area (Å²) >= 11 is 9.94. The predicted molar refractivity (Wildman–Crippen MR) is 98.0 cm³/mol. The zero-order chi connectivity index (χ0) is 16.5. The molecule has 1 aromatic rings. The van der Waals surface area contributed by atoms with Crippen LogP contribution < -0.4 is 5.32 Å². The number of rotatable bonds is 9. The summed E-state index contributed by atoms with van der Waals surface area (Å²) in [5.41, 5.74) is 1.03. The molecule has 0 spiro atoms. The van der Waals surface area contributed by atoms with Crippen molar-refractivity contribution in [1.82, 2.24) is 5.32 Å². The van der Waals surface area contributed by atoms with Crippen molar-refractivity contribution in [3.63, 3.8) is 0 Å². The number of carbonyl (C=O) groups is 2. The van der Waals surface area contributed by atoms with Crippen molar-refractivity contribution >= 4 is 48.9 Å². The third kappa shape index (κ3) is 6.54. The Morgan fingerprint density at radius 2 is 1.95 bits per heavy atom. The smallest absolute Gasteiger partial charge is 0.326 e. The van der Waals surface area contributed by atoms with E-state index in [-0.39, 0.29) is 22.8 Å². The molecule has 122 valence electrons. The molecule has 4 nitrogen and oxygen atoms in total. The van der Waals surface area contributed by atoms with E-state index in [9.17, 15) is 14.7 Å². The number of carboxylic acid groups (broad SMARTS) is 1. The minimum absolute atomic E-state index is 0.134. The van der Waals surface area contributed by atoms with Crippen LogP contribution in [0.5, 0.6) is 0 Å². The lowest BCUT2D eigenvalue weighted by atomic mass is 9.99. The monoisotopic (exact) mass is 359 g/mol. The average Bonchev–Trinajstić information content (AvgIpc) is 2.52. The van der Waals surface area contributed by atoms with Crippen molar-refractivity contribution in [3.8, 4) is 0 Å². The summed E-state index contributed by atoms with van der Waals surface area (Å²) < 4.78 is -0.134. The van der Waals surface area contributed by atoms with Gasteiger partial charge in [0.1, 0.15) is 6.04 Å². The van der Waals surface area contributed by atoms with Gasteiger partial charge >= 0.3 is 5.97 Å². The first-order valence-corrected chi connectivity index (χ1v) is 9.30. The van der Waals surface area contributed by atoms with Gasteiger partial charge in [-0.05, 0) is 24.7 Å². The summed E-state index contributed by atoms with van der Waals surface area (Å²) in [5, 5.41) is 11.8. The summed E-state index contributed by atoms with van der Waals surface area (Å²) in [6.07, 6.45) is 2.66. The van der Waals surface area contributed by atoms with Crippen LogP contribution in [-0.2, 0) is 16.0 Å². The molecular formula is C15H21NO3S3. The Kier molecular flexibility index (Phi) is 8.82. The van der Waals surface area contributed by atoms with E-state index < -0.39 is 12.0 Å². The molecule has 1 amide bonds. The van der Waals surface area contributed by atoms with Gasteiger partial charge in [0.2, 0.25) is 5.91 Å². The summed E-state index contributed by atoms with van der Waals surface area (Å²) in [7, 11) is 0. The molecule has 0 heterocycles. The third-order valence-electron chi connectivity index (χ3n) is 3.24. The van der Waals surface area contributed by atoms with E-state index in [0.29, 0.717) is 12.2 Å². The van der Waals surface area contributed by atoms with Crippen LogP contribution in [0.2, 0.25) is 0 Å². The molecule has 3 unspecified atom stereocenters. The second-order valence-corrected chi connectivity index (χ2v) is 7.27. The highest BCUT2D eigenvalue weighted by molar-refractivity contribution is 8.09. The zero-order valence-corrected chi connectivity index (χ0v) is 14.9. The number of carbonyl (C=O) groups excluding carboxylic acids is 1. The Labute approximate surface area is 146 Å². The minimum Gasteiger partial charge on any atom is -0.480 e. The zero-order valence-electron chi connectivity index (χ0n) is 12.3. The average molecular weight is 360 g/mol. The van der Waals surface area contributed by atoms with Crippen LogP contribution in [0.25, 0.3) is 0 Å². The van der Waals surface area contributed by atoms with Crippen LogP contribution in [0.3, 0.4) is 0 Å². The fourth-order valence-electron chi connectivity index (χ4n) is 1.95. The van der Waals surface area contributed by atoms with Gasteiger partial charge in [-0.15, -0.1) is 0 Å². The van der Waals surface area contributed by atoms with Crippen molar-refractivity contribution in [2.45, 2.75) is 23.5 Å². The maximum atomic E-state index is 12.3. The summed E-state index contributed by atoms with van der Waals surface area (Å²) in [6.45, 7) is 0. The molecule has 0 radical (unpaired) electrons. The second-order valence-electron chi connectivity index (χ2n) is 4.89. The van der Waals surface area contributed by atoms with Crippen molar-refractivity contribution in [1.29, 1.82) is 0 Å². The standard InChI is InChI=1S/C15H21NO3S3/c1-22-13(21)8-12(15(18)19)16-14(17)11(9-20)7-10-5-3-2-4-6-10/h2-6,11-13,20-21H,7-9H2,1H3,(H,16,17)(H,18,19). The SMILES string of the molecule is CSC(S)CC(NC(=O)C(CS)Cc1ccccc1)C(=O)O. The van der Waals surface area contributed by atoms with Crippen molar-refractivity contribution in [2.75, 3.05) is 12.0 Å². The van der Waals surface area contributed by atoms with Gasteiger partial charge in [-0.1, -0.05) is 30.3 Å². The number of benzene rings is 1. The number of carboxylic acids is 1. The molecule has 0 bridgehead atoms. The van der Waals surface area contributed by atoms with E-state index in [1.165, 1.54) is 11.8 Å². The Hall–Kier alpha value is -0.790. The molecule has 2 N–H and O–H groups in total. The summed E-state index contributed by atoms with van der Waals surface area (Å²) in [6, 6.07) is 8.68. The van der Waals surface area contributed by atoms with E-state index >= 15 is 0 Å². The Balaban J connectivity index is 2.67. The molecule has 0 aliphatic carbocycles. The normalized spacial score (nSPS) is 14.9. The van der Waals surface area contributed by atoms with Gasteiger partial charge in [-0.25, -0.2) is 4.79 Å². The number of aliphatic carboxylic acids is 1. The minimum atomic E-state index is -1.04. The van der Waals surface area contributed by atoms with Crippen LogP contribution in [0, 0.1) is 5.92 Å². The molecule has 3 atom stereocenters. The van der Waals surface area contributed by atoms with Gasteiger partial charge in [0.25, 0.3) is 0 Å². The highest BCUT2D eigenvalue weighted by Crippen LogP contribution is 2.18. The predicted octanol–water partition coefficient (Wildman–Crippen LogP) is 2.35. The Morgan fingerprint density at radius 3 is 2.45 bits per heavy atom. The molecule has 22 heavy (non-hydrogen) atoms. The lowest BCUT2D eigenvalue weighted by Gasteiger charge is -2.21. The van der Waals surface area contributed by atoms with Gasteiger partial charge in [0.05, 0.1) is 5.92 Å². The highest BCUT2D eigenvalue weighted by Gasteiger charge is 2.26. The van der Waals surface area contributed by atoms with E-state index in [2.05, 4.69) is 30.6 Å². The maximum absolute atomic E-state index is 12.3. The lowest BCUT2D eigenvalue weighted by Crippen LogP contribution is -2.45. The van der Waals surface area contributed by atoms with Gasteiger partial charge in [0, 0.05) is 10.3 Å². The largest absolute Gasteiger partial charge is 0.480 e. The number of amides is 1. The van der Waals surface area contributed by atoms with Crippen LogP contribution in [0.4, 0.5) is 0 Å². The number of thiol groups is 2. The molecule has 1 rings (SSSR count). The van der Waals surface area contributed by atoms with Crippen molar-refractivity contribution < 1.29 is 14.7 Å². The molecule has 0 saturated heterocycles. The first kappa shape index (κ1) is 19.3. The number of hydrogen-bond acceptors (Lipinski definition) is 5. The first-order chi connectivity index (χ1) is 10.5. The van der Waals surface area contributed by atoms with Crippen molar-refractivity contribution in [2.24, 2.45) is 5.92 Å². The summed E-state index contributed by atoms with van der Waals surface area (Å²) in [5.74, 6) is -1.33. The number of nitrogens with one attached hydrogen (secondary N) is 1. The molecule has 0 aliphatic rings. The molecular weight excluding hydrogens is 338 g/mol. The van der Waals surface area contributed by atoms with E-state index in [0.717, 1.165) is 5.56 Å². The molecule has 0 saturated carbocycles. The first-order valence-electron chi connectivity index (χ1n) is 6.86. The number of thioether (sulfide) groups is 1. The van der Waals surface area contributed by atoms with Crippen LogP contribution in [-0.4, -0.2) is 39.6 Å². The topological polar surface area (TPSA) is 66.4 Å². The van der Waals surface area contributed by atoms with E-state index in [1.807, 2.05) is 36.6 Å². The van der Waals surface area contributed by atoms with E-state index in [4.69, 9.17) is 0 Å². The lowest BCUT2D eigenvalue weighted by molar-refractivity contribution is -0.142. The molecule has 0 aromatic heterocycles.